The van der Waals surface area contributed by atoms with Crippen LogP contribution in [0.5, 0.6) is 0 Å². The Kier molecular flexibility index (Phi) is 7.50. The molecule has 19 heavy (non-hydrogen) atoms. The Morgan fingerprint density at radius 2 is 1.89 bits per heavy atom. The van der Waals surface area contributed by atoms with Gasteiger partial charge in [-0.3, -0.25) is 4.79 Å². The molecule has 8 nitrogen and oxygen atoms in total. The average molecular weight is 276 g/mol. The van der Waals surface area contributed by atoms with E-state index in [0.29, 0.717) is 13.2 Å². The van der Waals surface area contributed by atoms with Crippen molar-refractivity contribution in [3.63, 3.8) is 0 Å². The lowest BCUT2D eigenvalue weighted by atomic mass is 10.2. The second kappa shape index (κ2) is 8.30. The molecular weight excluding hydrogens is 256 g/mol. The summed E-state index contributed by atoms with van der Waals surface area (Å²) in [6.07, 6.45) is -0.669. The number of carboxylic acid groups (broad SMARTS) is 2. The summed E-state index contributed by atoms with van der Waals surface area (Å²) in [6.45, 7) is 4.14. The van der Waals surface area contributed by atoms with Gasteiger partial charge in [0.05, 0.1) is 19.1 Å². The second-order valence-electron chi connectivity index (χ2n) is 4.03. The molecule has 0 rings (SSSR count). The maximum Gasteiger partial charge on any atom is 0.326 e. The summed E-state index contributed by atoms with van der Waals surface area (Å²) >= 11 is 0. The highest BCUT2D eigenvalue weighted by molar-refractivity contribution is 5.86. The predicted molar refractivity (Wildman–Crippen MR) is 65.9 cm³/mol. The molecule has 0 saturated heterocycles. The van der Waals surface area contributed by atoms with Crippen LogP contribution in [0.15, 0.2) is 0 Å². The first-order chi connectivity index (χ1) is 8.83. The summed E-state index contributed by atoms with van der Waals surface area (Å²) in [5.41, 5.74) is 0. The molecule has 2 atom stereocenters. The number of likely N-dealkylation sites (N-methyl/N-ethyl adjacent to an activating group) is 1. The van der Waals surface area contributed by atoms with E-state index in [1.54, 1.807) is 13.8 Å². The number of hydrogen-bond acceptors (Lipinski definition) is 4. The van der Waals surface area contributed by atoms with Gasteiger partial charge in [0.2, 0.25) is 0 Å². The normalized spacial score (nSPS) is 13.4. The van der Waals surface area contributed by atoms with Gasteiger partial charge in [-0.15, -0.1) is 0 Å². The maximum absolute atomic E-state index is 11.9. The Hall–Kier alpha value is -1.83. The average Bonchev–Trinajstić information content (AvgIpc) is 2.28. The van der Waals surface area contributed by atoms with Crippen LogP contribution in [0.1, 0.15) is 20.3 Å². The maximum atomic E-state index is 11.9. The second-order valence-corrected chi connectivity index (χ2v) is 4.03. The molecule has 0 fully saturated rings. The molecule has 0 bridgehead atoms. The third kappa shape index (κ3) is 6.05. The van der Waals surface area contributed by atoms with Gasteiger partial charge < -0.3 is 25.2 Å². The Morgan fingerprint density at radius 3 is 2.26 bits per heavy atom. The van der Waals surface area contributed by atoms with Gasteiger partial charge in [0.25, 0.3) is 0 Å². The minimum absolute atomic E-state index is 0.241. The molecule has 0 aliphatic rings. The number of nitrogens with zero attached hydrogens (tertiary/aromatic N) is 1. The number of methoxy groups -OCH3 is 1. The molecule has 0 aromatic heterocycles. The van der Waals surface area contributed by atoms with E-state index in [1.807, 2.05) is 0 Å². The Labute approximate surface area is 111 Å². The lowest BCUT2D eigenvalue weighted by Gasteiger charge is -2.28. The van der Waals surface area contributed by atoms with Crippen molar-refractivity contribution < 1.29 is 29.3 Å². The van der Waals surface area contributed by atoms with Gasteiger partial charge in [0, 0.05) is 13.7 Å². The van der Waals surface area contributed by atoms with Crippen LogP contribution in [0.4, 0.5) is 4.79 Å². The molecule has 1 unspecified atom stereocenters. The van der Waals surface area contributed by atoms with Crippen LogP contribution in [0.2, 0.25) is 0 Å². The number of nitrogens with one attached hydrogen (secondary N) is 1. The summed E-state index contributed by atoms with van der Waals surface area (Å²) in [7, 11) is 1.49. The molecule has 0 saturated carbocycles. The van der Waals surface area contributed by atoms with Crippen molar-refractivity contribution in [2.45, 2.75) is 32.4 Å². The fraction of sp³-hybridized carbons (Fsp3) is 0.727. The molecule has 0 heterocycles. The van der Waals surface area contributed by atoms with Crippen LogP contribution in [0.3, 0.4) is 0 Å². The Morgan fingerprint density at radius 1 is 1.32 bits per heavy atom. The largest absolute Gasteiger partial charge is 0.481 e. The number of carbonyl (C=O) groups excluding carboxylic acids is 1. The molecular formula is C11H20N2O6. The van der Waals surface area contributed by atoms with Crippen LogP contribution in [0.25, 0.3) is 0 Å². The molecule has 8 heteroatoms. The monoisotopic (exact) mass is 276 g/mol. The first kappa shape index (κ1) is 17.2. The number of amides is 2. The Bertz CT molecular complexity index is 333. The van der Waals surface area contributed by atoms with Crippen molar-refractivity contribution in [1.29, 1.82) is 0 Å². The van der Waals surface area contributed by atoms with E-state index < -0.39 is 30.4 Å². The molecule has 3 N–H and O–H groups in total. The van der Waals surface area contributed by atoms with Gasteiger partial charge in [0.15, 0.2) is 0 Å². The van der Waals surface area contributed by atoms with Crippen LogP contribution in [-0.4, -0.2) is 65.4 Å². The predicted octanol–water partition coefficient (Wildman–Crippen LogP) is -0.0193. The van der Waals surface area contributed by atoms with E-state index in [1.165, 1.54) is 12.0 Å². The highest BCUT2D eigenvalue weighted by Crippen LogP contribution is 2.02. The molecule has 2 amide bonds. The quantitative estimate of drug-likeness (QED) is 0.573. The van der Waals surface area contributed by atoms with E-state index >= 15 is 0 Å². The first-order valence-corrected chi connectivity index (χ1v) is 5.84. The number of rotatable bonds is 8. The smallest absolute Gasteiger partial charge is 0.326 e. The van der Waals surface area contributed by atoms with Crippen LogP contribution < -0.4 is 5.32 Å². The number of ether oxygens (including phenoxy) is 1. The van der Waals surface area contributed by atoms with Crippen LogP contribution in [-0.2, 0) is 14.3 Å². The number of aliphatic carboxylic acids is 2. The summed E-state index contributed by atoms with van der Waals surface area (Å²) in [5.74, 6) is -2.67. The summed E-state index contributed by atoms with van der Waals surface area (Å²) in [5, 5.41) is 19.6. The first-order valence-electron chi connectivity index (χ1n) is 5.84. The van der Waals surface area contributed by atoms with Crippen molar-refractivity contribution in [3.05, 3.63) is 0 Å². The van der Waals surface area contributed by atoms with Gasteiger partial charge in [-0.25, -0.2) is 9.59 Å². The number of carboxylic acids is 2. The lowest BCUT2D eigenvalue weighted by molar-refractivity contribution is -0.145. The zero-order chi connectivity index (χ0) is 15.0. The zero-order valence-electron chi connectivity index (χ0n) is 11.3. The molecule has 0 aromatic carbocycles. The van der Waals surface area contributed by atoms with E-state index in [4.69, 9.17) is 14.9 Å². The highest BCUT2D eigenvalue weighted by atomic mass is 16.5. The van der Waals surface area contributed by atoms with E-state index in [2.05, 4.69) is 5.32 Å². The van der Waals surface area contributed by atoms with Crippen molar-refractivity contribution >= 4 is 18.0 Å². The van der Waals surface area contributed by atoms with Crippen molar-refractivity contribution in [2.75, 3.05) is 20.3 Å². The van der Waals surface area contributed by atoms with Gasteiger partial charge in [-0.05, 0) is 13.8 Å². The topological polar surface area (TPSA) is 116 Å². The zero-order valence-corrected chi connectivity index (χ0v) is 11.3. The van der Waals surface area contributed by atoms with Gasteiger partial charge in [0.1, 0.15) is 6.04 Å². The molecule has 0 aliphatic carbocycles. The summed E-state index contributed by atoms with van der Waals surface area (Å²) in [6, 6.07) is -2.32. The third-order valence-corrected chi connectivity index (χ3v) is 2.52. The van der Waals surface area contributed by atoms with Gasteiger partial charge >= 0.3 is 18.0 Å². The van der Waals surface area contributed by atoms with Crippen molar-refractivity contribution in [2.24, 2.45) is 0 Å². The third-order valence-electron chi connectivity index (χ3n) is 2.52. The minimum atomic E-state index is -1.45. The number of carbonyl (C=O) groups is 3. The highest BCUT2D eigenvalue weighted by Gasteiger charge is 2.26. The SMILES string of the molecule is CCN(C(=O)N[C@H](CC(=O)O)C(=O)O)C(C)COC. The number of urea groups is 1. The molecule has 0 aromatic rings. The summed E-state index contributed by atoms with van der Waals surface area (Å²) < 4.78 is 4.92. The number of hydrogen-bond donors (Lipinski definition) is 3. The van der Waals surface area contributed by atoms with E-state index in [0.717, 1.165) is 0 Å². The minimum Gasteiger partial charge on any atom is -0.481 e. The molecule has 0 aliphatic heterocycles. The van der Waals surface area contributed by atoms with Crippen LogP contribution >= 0.6 is 0 Å². The van der Waals surface area contributed by atoms with Crippen molar-refractivity contribution in [1.82, 2.24) is 10.2 Å². The van der Waals surface area contributed by atoms with Gasteiger partial charge in [-0.1, -0.05) is 0 Å². The van der Waals surface area contributed by atoms with Gasteiger partial charge in [-0.2, -0.15) is 0 Å². The van der Waals surface area contributed by atoms with E-state index in [9.17, 15) is 14.4 Å². The van der Waals surface area contributed by atoms with Crippen LogP contribution in [0, 0.1) is 0 Å². The molecule has 0 spiro atoms. The molecule has 0 radical (unpaired) electrons. The van der Waals surface area contributed by atoms with Crippen molar-refractivity contribution in [3.8, 4) is 0 Å². The lowest BCUT2D eigenvalue weighted by Crippen LogP contribution is -2.52. The fourth-order valence-corrected chi connectivity index (χ4v) is 1.59. The fourth-order valence-electron chi connectivity index (χ4n) is 1.59. The standard InChI is InChI=1S/C11H20N2O6/c1-4-13(7(2)6-19-3)11(18)12-8(10(16)17)5-9(14)15/h7-8H,4-6H2,1-3H3,(H,12,18)(H,14,15)(H,16,17)/t7?,8-/m1/s1. The Balaban J connectivity index is 4.68. The summed E-state index contributed by atoms with van der Waals surface area (Å²) in [4.78, 5) is 34.6. The molecule has 110 valence electrons. The van der Waals surface area contributed by atoms with E-state index in [-0.39, 0.29) is 6.04 Å².